The third-order valence-corrected chi connectivity index (χ3v) is 4.66. The topological polar surface area (TPSA) is 57.6 Å². The van der Waals surface area contributed by atoms with E-state index in [0.29, 0.717) is 32.6 Å². The van der Waals surface area contributed by atoms with Crippen LogP contribution in [-0.4, -0.2) is 65.4 Å². The summed E-state index contributed by atoms with van der Waals surface area (Å²) in [5.74, 6) is 0.200. The van der Waals surface area contributed by atoms with Crippen molar-refractivity contribution in [3.63, 3.8) is 0 Å². The van der Waals surface area contributed by atoms with Crippen molar-refractivity contribution in [1.82, 2.24) is 19.7 Å². The molecule has 1 fully saturated rings. The van der Waals surface area contributed by atoms with E-state index >= 15 is 0 Å². The minimum atomic E-state index is 0.0510. The van der Waals surface area contributed by atoms with Crippen molar-refractivity contribution in [1.29, 1.82) is 0 Å². The molecule has 0 atom stereocenters. The van der Waals surface area contributed by atoms with Crippen LogP contribution in [0.2, 0.25) is 0 Å². The summed E-state index contributed by atoms with van der Waals surface area (Å²) in [6, 6.07) is 12.1. The second kappa shape index (κ2) is 8.67. The predicted molar refractivity (Wildman–Crippen MR) is 101 cm³/mol. The van der Waals surface area contributed by atoms with Gasteiger partial charge in [0.1, 0.15) is 0 Å². The predicted octanol–water partition coefficient (Wildman–Crippen LogP) is 1.30. The van der Waals surface area contributed by atoms with Gasteiger partial charge in [0.2, 0.25) is 11.8 Å². The molecule has 138 valence electrons. The average Bonchev–Trinajstić information content (AvgIpc) is 3.18. The maximum atomic E-state index is 12.5. The maximum Gasteiger partial charge on any atom is 0.234 e. The number of benzene rings is 1. The molecule has 6 heteroatoms. The standard InChI is InChI=1S/C20H26N4O2/c1-2-21-19(25)16-22-11-13-24(14-12-22)20(26)15-17-5-7-18(8-6-17)23-9-3-4-10-23/h3-10H,2,11-16H2,1H3,(H,21,25). The lowest BCUT2D eigenvalue weighted by molar-refractivity contribution is -0.132. The van der Waals surface area contributed by atoms with Crippen LogP contribution in [0.5, 0.6) is 0 Å². The molecule has 6 nitrogen and oxygen atoms in total. The molecule has 1 aliphatic heterocycles. The lowest BCUT2D eigenvalue weighted by Gasteiger charge is -2.34. The van der Waals surface area contributed by atoms with E-state index in [1.165, 1.54) is 0 Å². The monoisotopic (exact) mass is 354 g/mol. The molecule has 0 saturated carbocycles. The van der Waals surface area contributed by atoms with Gasteiger partial charge in [-0.15, -0.1) is 0 Å². The van der Waals surface area contributed by atoms with Crippen molar-refractivity contribution in [2.24, 2.45) is 0 Å². The van der Waals surface area contributed by atoms with E-state index in [2.05, 4.69) is 10.2 Å². The number of rotatable bonds is 6. The van der Waals surface area contributed by atoms with Gasteiger partial charge in [-0.1, -0.05) is 12.1 Å². The van der Waals surface area contributed by atoms with Crippen LogP contribution in [0, 0.1) is 0 Å². The molecule has 1 saturated heterocycles. The van der Waals surface area contributed by atoms with Crippen LogP contribution >= 0.6 is 0 Å². The highest BCUT2D eigenvalue weighted by atomic mass is 16.2. The zero-order valence-electron chi connectivity index (χ0n) is 15.2. The first-order chi connectivity index (χ1) is 12.7. The van der Waals surface area contributed by atoms with Crippen molar-refractivity contribution in [3.05, 3.63) is 54.4 Å². The van der Waals surface area contributed by atoms with E-state index in [1.54, 1.807) is 0 Å². The molecule has 0 unspecified atom stereocenters. The first-order valence-electron chi connectivity index (χ1n) is 9.15. The highest BCUT2D eigenvalue weighted by molar-refractivity contribution is 5.79. The summed E-state index contributed by atoms with van der Waals surface area (Å²) in [7, 11) is 0. The highest BCUT2D eigenvalue weighted by Gasteiger charge is 2.22. The summed E-state index contributed by atoms with van der Waals surface area (Å²) in [6.07, 6.45) is 4.42. The van der Waals surface area contributed by atoms with Gasteiger partial charge in [-0.3, -0.25) is 14.5 Å². The van der Waals surface area contributed by atoms with Crippen LogP contribution in [0.15, 0.2) is 48.8 Å². The number of nitrogens with one attached hydrogen (secondary N) is 1. The number of likely N-dealkylation sites (N-methyl/N-ethyl adjacent to an activating group) is 1. The van der Waals surface area contributed by atoms with E-state index in [4.69, 9.17) is 0 Å². The van der Waals surface area contributed by atoms with Crippen LogP contribution < -0.4 is 5.32 Å². The molecule has 0 radical (unpaired) electrons. The van der Waals surface area contributed by atoms with Crippen LogP contribution in [0.25, 0.3) is 5.69 Å². The second-order valence-corrected chi connectivity index (χ2v) is 6.54. The average molecular weight is 354 g/mol. The van der Waals surface area contributed by atoms with Gasteiger partial charge in [0.05, 0.1) is 13.0 Å². The fourth-order valence-corrected chi connectivity index (χ4v) is 3.19. The highest BCUT2D eigenvalue weighted by Crippen LogP contribution is 2.12. The molecule has 26 heavy (non-hydrogen) atoms. The Hall–Kier alpha value is -2.60. The summed E-state index contributed by atoms with van der Waals surface area (Å²) in [5, 5.41) is 2.81. The smallest absolute Gasteiger partial charge is 0.234 e. The number of piperazine rings is 1. The Morgan fingerprint density at radius 1 is 1.00 bits per heavy atom. The Balaban J connectivity index is 1.48. The molecule has 1 aromatic heterocycles. The molecule has 3 rings (SSSR count). The van der Waals surface area contributed by atoms with E-state index < -0.39 is 0 Å². The lowest BCUT2D eigenvalue weighted by atomic mass is 10.1. The Morgan fingerprint density at radius 3 is 2.27 bits per heavy atom. The van der Waals surface area contributed by atoms with Crippen molar-refractivity contribution in [2.75, 3.05) is 39.3 Å². The Kier molecular flexibility index (Phi) is 6.07. The zero-order chi connectivity index (χ0) is 18.4. The first kappa shape index (κ1) is 18.2. The molecule has 1 aliphatic rings. The Morgan fingerprint density at radius 2 is 1.65 bits per heavy atom. The molecule has 0 spiro atoms. The van der Waals surface area contributed by atoms with Crippen LogP contribution in [0.4, 0.5) is 0 Å². The third-order valence-electron chi connectivity index (χ3n) is 4.66. The van der Waals surface area contributed by atoms with Gasteiger partial charge in [-0.05, 0) is 36.8 Å². The summed E-state index contributed by atoms with van der Waals surface area (Å²) in [6.45, 7) is 5.83. The number of aromatic nitrogens is 1. The molecular formula is C20H26N4O2. The van der Waals surface area contributed by atoms with Gasteiger partial charge in [0, 0.05) is 50.8 Å². The molecule has 1 aromatic carbocycles. The number of nitrogens with zero attached hydrogens (tertiary/aromatic N) is 3. The molecule has 0 aliphatic carbocycles. The molecular weight excluding hydrogens is 328 g/mol. The van der Waals surface area contributed by atoms with E-state index in [0.717, 1.165) is 24.3 Å². The normalized spacial score (nSPS) is 15.0. The first-order valence-corrected chi connectivity index (χ1v) is 9.15. The molecule has 2 aromatic rings. The summed E-state index contributed by atoms with van der Waals surface area (Å²) in [4.78, 5) is 28.2. The number of amides is 2. The number of carbonyl (C=O) groups excluding carboxylic acids is 2. The van der Waals surface area contributed by atoms with Crippen LogP contribution in [-0.2, 0) is 16.0 Å². The quantitative estimate of drug-likeness (QED) is 0.851. The van der Waals surface area contributed by atoms with E-state index in [1.807, 2.05) is 65.2 Å². The molecule has 1 N–H and O–H groups in total. The van der Waals surface area contributed by atoms with Gasteiger partial charge in [-0.2, -0.15) is 0 Å². The van der Waals surface area contributed by atoms with Crippen molar-refractivity contribution >= 4 is 11.8 Å². The van der Waals surface area contributed by atoms with E-state index in [-0.39, 0.29) is 11.8 Å². The number of hydrogen-bond donors (Lipinski definition) is 1. The Labute approximate surface area is 154 Å². The number of carbonyl (C=O) groups is 2. The molecule has 2 amide bonds. The zero-order valence-corrected chi connectivity index (χ0v) is 15.2. The fraction of sp³-hybridized carbons (Fsp3) is 0.400. The SMILES string of the molecule is CCNC(=O)CN1CCN(C(=O)Cc2ccc(-n3cccc3)cc2)CC1. The van der Waals surface area contributed by atoms with Gasteiger partial charge >= 0.3 is 0 Å². The maximum absolute atomic E-state index is 12.5. The van der Waals surface area contributed by atoms with Gasteiger partial charge in [0.15, 0.2) is 0 Å². The third kappa shape index (κ3) is 4.73. The largest absolute Gasteiger partial charge is 0.355 e. The molecule has 0 bridgehead atoms. The lowest BCUT2D eigenvalue weighted by Crippen LogP contribution is -2.51. The van der Waals surface area contributed by atoms with Gasteiger partial charge < -0.3 is 14.8 Å². The number of hydrogen-bond acceptors (Lipinski definition) is 3. The van der Waals surface area contributed by atoms with Gasteiger partial charge in [0.25, 0.3) is 0 Å². The Bertz CT molecular complexity index is 717. The summed E-state index contributed by atoms with van der Waals surface area (Å²) < 4.78 is 2.04. The minimum Gasteiger partial charge on any atom is -0.355 e. The summed E-state index contributed by atoms with van der Waals surface area (Å²) >= 11 is 0. The van der Waals surface area contributed by atoms with Crippen molar-refractivity contribution in [3.8, 4) is 5.69 Å². The minimum absolute atomic E-state index is 0.0510. The van der Waals surface area contributed by atoms with Crippen LogP contribution in [0.1, 0.15) is 12.5 Å². The summed E-state index contributed by atoms with van der Waals surface area (Å²) in [5.41, 5.74) is 2.11. The molecule has 2 heterocycles. The van der Waals surface area contributed by atoms with Crippen LogP contribution in [0.3, 0.4) is 0 Å². The van der Waals surface area contributed by atoms with Crippen molar-refractivity contribution in [2.45, 2.75) is 13.3 Å². The fourth-order valence-electron chi connectivity index (χ4n) is 3.19. The second-order valence-electron chi connectivity index (χ2n) is 6.54. The van der Waals surface area contributed by atoms with Crippen molar-refractivity contribution < 1.29 is 9.59 Å². The van der Waals surface area contributed by atoms with Gasteiger partial charge in [-0.25, -0.2) is 0 Å². The van der Waals surface area contributed by atoms with E-state index in [9.17, 15) is 9.59 Å².